The first kappa shape index (κ1) is 13.0. The lowest BCUT2D eigenvalue weighted by molar-refractivity contribution is 0.0535. The van der Waals surface area contributed by atoms with Crippen LogP contribution in [0.3, 0.4) is 0 Å². The predicted octanol–water partition coefficient (Wildman–Crippen LogP) is 1.25. The maximum absolute atomic E-state index is 5.39. The van der Waals surface area contributed by atoms with Crippen LogP contribution < -0.4 is 10.6 Å². The molecule has 1 aromatic rings. The van der Waals surface area contributed by atoms with E-state index in [1.165, 1.54) is 17.7 Å². The summed E-state index contributed by atoms with van der Waals surface area (Å²) >= 11 is 1.70. The van der Waals surface area contributed by atoms with Gasteiger partial charge in [0.15, 0.2) is 0 Å². The van der Waals surface area contributed by atoms with Gasteiger partial charge in [-0.2, -0.15) is 0 Å². The molecule has 4 nitrogen and oxygen atoms in total. The maximum atomic E-state index is 5.39. The van der Waals surface area contributed by atoms with Gasteiger partial charge in [-0.1, -0.05) is 0 Å². The van der Waals surface area contributed by atoms with Crippen LogP contribution >= 0.6 is 11.3 Å². The molecule has 0 bridgehead atoms. The SMILES string of the molecule is COCC1(CNCc2cncs2)CCNCC1. The second kappa shape index (κ2) is 6.44. The van der Waals surface area contributed by atoms with Gasteiger partial charge in [0, 0.05) is 36.7 Å². The van der Waals surface area contributed by atoms with Gasteiger partial charge in [0.2, 0.25) is 0 Å². The van der Waals surface area contributed by atoms with Crippen molar-refractivity contribution in [1.82, 2.24) is 15.6 Å². The highest BCUT2D eigenvalue weighted by atomic mass is 32.1. The molecule has 1 aliphatic rings. The third-order valence-corrected chi connectivity index (χ3v) is 4.18. The fourth-order valence-electron chi connectivity index (χ4n) is 2.42. The Labute approximate surface area is 107 Å². The van der Waals surface area contributed by atoms with Crippen molar-refractivity contribution in [1.29, 1.82) is 0 Å². The third-order valence-electron chi connectivity index (χ3n) is 3.40. The number of piperidine rings is 1. The average molecular weight is 255 g/mol. The topological polar surface area (TPSA) is 46.2 Å². The number of ether oxygens (including phenoxy) is 1. The molecular weight excluding hydrogens is 234 g/mol. The quantitative estimate of drug-likeness (QED) is 0.803. The molecule has 0 amide bonds. The minimum Gasteiger partial charge on any atom is -0.384 e. The van der Waals surface area contributed by atoms with Crippen LogP contribution in [0.4, 0.5) is 0 Å². The standard InChI is InChI=1S/C12H21N3OS/c1-16-9-12(2-4-13-5-3-12)8-14-6-11-7-15-10-17-11/h7,10,13-14H,2-6,8-9H2,1H3. The Morgan fingerprint density at radius 1 is 1.53 bits per heavy atom. The van der Waals surface area contributed by atoms with Crippen molar-refractivity contribution in [3.63, 3.8) is 0 Å². The van der Waals surface area contributed by atoms with Crippen molar-refractivity contribution < 1.29 is 4.74 Å². The predicted molar refractivity (Wildman–Crippen MR) is 70.2 cm³/mol. The highest BCUT2D eigenvalue weighted by Gasteiger charge is 2.31. The smallest absolute Gasteiger partial charge is 0.0794 e. The van der Waals surface area contributed by atoms with Crippen LogP contribution in [-0.4, -0.2) is 38.3 Å². The van der Waals surface area contributed by atoms with Crippen LogP contribution in [0.2, 0.25) is 0 Å². The first-order valence-electron chi connectivity index (χ1n) is 6.12. The Kier molecular flexibility index (Phi) is 4.91. The van der Waals surface area contributed by atoms with E-state index < -0.39 is 0 Å². The van der Waals surface area contributed by atoms with E-state index >= 15 is 0 Å². The summed E-state index contributed by atoms with van der Waals surface area (Å²) in [5, 5.41) is 6.96. The molecule has 0 unspecified atom stereocenters. The van der Waals surface area contributed by atoms with Gasteiger partial charge in [0.05, 0.1) is 12.1 Å². The molecule has 2 rings (SSSR count). The lowest BCUT2D eigenvalue weighted by atomic mass is 9.79. The average Bonchev–Trinajstić information content (AvgIpc) is 2.84. The number of rotatable bonds is 6. The van der Waals surface area contributed by atoms with Crippen LogP contribution in [0.5, 0.6) is 0 Å². The largest absolute Gasteiger partial charge is 0.384 e. The number of aromatic nitrogens is 1. The molecule has 0 aliphatic carbocycles. The summed E-state index contributed by atoms with van der Waals surface area (Å²) < 4.78 is 5.39. The maximum Gasteiger partial charge on any atom is 0.0794 e. The molecule has 2 heterocycles. The monoisotopic (exact) mass is 255 g/mol. The van der Waals surface area contributed by atoms with Crippen molar-refractivity contribution in [3.05, 3.63) is 16.6 Å². The van der Waals surface area contributed by atoms with Gasteiger partial charge in [-0.05, 0) is 25.9 Å². The molecule has 1 fully saturated rings. The Hall–Kier alpha value is -0.490. The molecule has 1 aromatic heterocycles. The second-order valence-corrected chi connectivity index (χ2v) is 5.73. The molecule has 1 aliphatic heterocycles. The van der Waals surface area contributed by atoms with E-state index in [4.69, 9.17) is 4.74 Å². The summed E-state index contributed by atoms with van der Waals surface area (Å²) in [6.07, 6.45) is 4.32. The Bertz CT molecular complexity index is 304. The van der Waals surface area contributed by atoms with E-state index in [0.717, 1.165) is 32.8 Å². The van der Waals surface area contributed by atoms with Crippen molar-refractivity contribution in [2.24, 2.45) is 5.41 Å². The molecule has 1 saturated heterocycles. The number of thiazole rings is 1. The lowest BCUT2D eigenvalue weighted by Gasteiger charge is -2.37. The Balaban J connectivity index is 1.80. The van der Waals surface area contributed by atoms with E-state index in [0.29, 0.717) is 5.41 Å². The highest BCUT2D eigenvalue weighted by Crippen LogP contribution is 2.28. The molecular formula is C12H21N3OS. The number of nitrogens with zero attached hydrogens (tertiary/aromatic N) is 1. The molecule has 96 valence electrons. The van der Waals surface area contributed by atoms with Crippen LogP contribution in [0.25, 0.3) is 0 Å². The van der Waals surface area contributed by atoms with E-state index in [-0.39, 0.29) is 0 Å². The van der Waals surface area contributed by atoms with Crippen LogP contribution in [-0.2, 0) is 11.3 Å². The van der Waals surface area contributed by atoms with Gasteiger partial charge in [-0.3, -0.25) is 4.98 Å². The van der Waals surface area contributed by atoms with Gasteiger partial charge in [-0.15, -0.1) is 11.3 Å². The van der Waals surface area contributed by atoms with E-state index in [1.807, 2.05) is 11.7 Å². The highest BCUT2D eigenvalue weighted by molar-refractivity contribution is 7.09. The van der Waals surface area contributed by atoms with E-state index in [9.17, 15) is 0 Å². The van der Waals surface area contributed by atoms with Crippen LogP contribution in [0, 0.1) is 5.41 Å². The van der Waals surface area contributed by atoms with Gasteiger partial charge >= 0.3 is 0 Å². The van der Waals surface area contributed by atoms with Gasteiger partial charge in [0.25, 0.3) is 0 Å². The normalized spacial score (nSPS) is 19.4. The first-order chi connectivity index (χ1) is 8.35. The molecule has 5 heteroatoms. The van der Waals surface area contributed by atoms with Crippen molar-refractivity contribution in [2.75, 3.05) is 33.4 Å². The minimum atomic E-state index is 0.310. The van der Waals surface area contributed by atoms with Gasteiger partial charge in [-0.25, -0.2) is 0 Å². The molecule has 0 aromatic carbocycles. The summed E-state index contributed by atoms with van der Waals surface area (Å²) in [5.41, 5.74) is 2.19. The van der Waals surface area contributed by atoms with Gasteiger partial charge < -0.3 is 15.4 Å². The fraction of sp³-hybridized carbons (Fsp3) is 0.750. The summed E-state index contributed by atoms with van der Waals surface area (Å²) in [6.45, 7) is 5.01. The number of nitrogens with one attached hydrogen (secondary N) is 2. The van der Waals surface area contributed by atoms with Crippen LogP contribution in [0.1, 0.15) is 17.7 Å². The zero-order valence-electron chi connectivity index (χ0n) is 10.4. The Morgan fingerprint density at radius 2 is 2.35 bits per heavy atom. The lowest BCUT2D eigenvalue weighted by Crippen LogP contribution is -2.45. The zero-order valence-corrected chi connectivity index (χ0v) is 11.2. The second-order valence-electron chi connectivity index (χ2n) is 4.75. The molecule has 0 spiro atoms. The molecule has 0 saturated carbocycles. The van der Waals surface area contributed by atoms with Crippen molar-refractivity contribution in [2.45, 2.75) is 19.4 Å². The minimum absolute atomic E-state index is 0.310. The fourth-order valence-corrected chi connectivity index (χ4v) is 2.98. The third kappa shape index (κ3) is 3.74. The molecule has 2 N–H and O–H groups in total. The number of hydrogen-bond acceptors (Lipinski definition) is 5. The van der Waals surface area contributed by atoms with E-state index in [1.54, 1.807) is 18.4 Å². The van der Waals surface area contributed by atoms with Crippen LogP contribution in [0.15, 0.2) is 11.7 Å². The van der Waals surface area contributed by atoms with Crippen molar-refractivity contribution in [3.8, 4) is 0 Å². The first-order valence-corrected chi connectivity index (χ1v) is 7.00. The summed E-state index contributed by atoms with van der Waals surface area (Å²) in [6, 6.07) is 0. The summed E-state index contributed by atoms with van der Waals surface area (Å²) in [5.74, 6) is 0. The molecule has 17 heavy (non-hydrogen) atoms. The zero-order chi connectivity index (χ0) is 12.0. The molecule has 0 radical (unpaired) electrons. The van der Waals surface area contributed by atoms with Gasteiger partial charge in [0.1, 0.15) is 0 Å². The Morgan fingerprint density at radius 3 is 3.00 bits per heavy atom. The summed E-state index contributed by atoms with van der Waals surface area (Å²) in [4.78, 5) is 5.38. The number of methoxy groups -OCH3 is 1. The summed E-state index contributed by atoms with van der Waals surface area (Å²) in [7, 11) is 1.80. The number of hydrogen-bond donors (Lipinski definition) is 2. The molecule has 0 atom stereocenters. The van der Waals surface area contributed by atoms with E-state index in [2.05, 4.69) is 15.6 Å². The van der Waals surface area contributed by atoms with Crippen molar-refractivity contribution >= 4 is 11.3 Å².